The number of H-pyrrole nitrogens is 1. The van der Waals surface area contributed by atoms with E-state index in [1.165, 1.54) is 6.07 Å². The minimum absolute atomic E-state index is 0.0622. The molecule has 1 saturated heterocycles. The first-order valence-electron chi connectivity index (χ1n) is 8.27. The summed E-state index contributed by atoms with van der Waals surface area (Å²) in [5.41, 5.74) is 1.15. The van der Waals surface area contributed by atoms with Gasteiger partial charge >= 0.3 is 6.18 Å². The number of para-hydroxylation sites is 1. The largest absolute Gasteiger partial charge is 0.435 e. The molecule has 1 aromatic carbocycles. The molecular formula is C18H17F3N4. The second-order valence-electron chi connectivity index (χ2n) is 6.29. The summed E-state index contributed by atoms with van der Waals surface area (Å²) < 4.78 is 38.1. The zero-order valence-electron chi connectivity index (χ0n) is 13.4. The number of aromatic nitrogens is 3. The Morgan fingerprint density at radius 1 is 1.04 bits per heavy atom. The van der Waals surface area contributed by atoms with Crippen molar-refractivity contribution < 1.29 is 13.2 Å². The maximum absolute atomic E-state index is 12.7. The predicted octanol–water partition coefficient (Wildman–Crippen LogP) is 4.71. The maximum atomic E-state index is 12.7. The van der Waals surface area contributed by atoms with Crippen molar-refractivity contribution in [3.05, 3.63) is 53.9 Å². The molecule has 0 aliphatic carbocycles. The fraction of sp³-hybridized carbons (Fsp3) is 0.333. The van der Waals surface area contributed by atoms with Crippen LogP contribution >= 0.6 is 0 Å². The van der Waals surface area contributed by atoms with Crippen LogP contribution in [0.25, 0.3) is 10.9 Å². The van der Waals surface area contributed by atoms with Gasteiger partial charge in [0.25, 0.3) is 0 Å². The van der Waals surface area contributed by atoms with Gasteiger partial charge in [0.15, 0.2) is 11.5 Å². The third-order valence-corrected chi connectivity index (χ3v) is 4.65. The molecule has 3 aromatic rings. The lowest BCUT2D eigenvalue weighted by atomic mass is 9.99. The van der Waals surface area contributed by atoms with Crippen LogP contribution in [0.1, 0.15) is 36.7 Å². The summed E-state index contributed by atoms with van der Waals surface area (Å²) in [5, 5.41) is 8.34. The second-order valence-corrected chi connectivity index (χ2v) is 6.29. The lowest BCUT2D eigenvalue weighted by Crippen LogP contribution is -2.34. The number of hydrogen-bond acceptors (Lipinski definition) is 3. The van der Waals surface area contributed by atoms with E-state index in [9.17, 15) is 13.2 Å². The van der Waals surface area contributed by atoms with Crippen molar-refractivity contribution in [3.8, 4) is 0 Å². The van der Waals surface area contributed by atoms with Gasteiger partial charge in [-0.15, -0.1) is 10.2 Å². The van der Waals surface area contributed by atoms with Crippen molar-refractivity contribution in [1.29, 1.82) is 0 Å². The number of aromatic amines is 1. The fourth-order valence-electron chi connectivity index (χ4n) is 3.43. The molecule has 0 bridgehead atoms. The summed E-state index contributed by atoms with van der Waals surface area (Å²) in [4.78, 5) is 5.47. The van der Waals surface area contributed by atoms with Gasteiger partial charge in [-0.05, 0) is 48.9 Å². The summed E-state index contributed by atoms with van der Waals surface area (Å²) in [7, 11) is 0. The van der Waals surface area contributed by atoms with Crippen LogP contribution in [-0.2, 0) is 6.18 Å². The Bertz CT molecular complexity index is 837. The van der Waals surface area contributed by atoms with E-state index >= 15 is 0 Å². The highest BCUT2D eigenvalue weighted by molar-refractivity contribution is 5.80. The van der Waals surface area contributed by atoms with Gasteiger partial charge < -0.3 is 9.88 Å². The molecule has 1 N–H and O–H groups in total. The Morgan fingerprint density at radius 2 is 1.88 bits per heavy atom. The van der Waals surface area contributed by atoms with Crippen molar-refractivity contribution >= 4 is 16.7 Å². The molecule has 4 rings (SSSR count). The van der Waals surface area contributed by atoms with Crippen LogP contribution in [0.15, 0.2) is 42.5 Å². The predicted molar refractivity (Wildman–Crippen MR) is 89.3 cm³/mol. The third kappa shape index (κ3) is 3.06. The molecule has 0 spiro atoms. The van der Waals surface area contributed by atoms with Crippen LogP contribution in [-0.4, -0.2) is 21.7 Å². The van der Waals surface area contributed by atoms with Crippen LogP contribution in [0.4, 0.5) is 19.0 Å². The molecule has 2 aromatic heterocycles. The molecule has 25 heavy (non-hydrogen) atoms. The fourth-order valence-corrected chi connectivity index (χ4v) is 3.43. The molecule has 1 fully saturated rings. The number of hydrogen-bond donors (Lipinski definition) is 1. The van der Waals surface area contributed by atoms with Crippen LogP contribution in [0, 0.1) is 0 Å². The van der Waals surface area contributed by atoms with Crippen molar-refractivity contribution in [2.75, 3.05) is 11.4 Å². The summed E-state index contributed by atoms with van der Waals surface area (Å²) in [6.45, 7) is 0.750. The topological polar surface area (TPSA) is 44.8 Å². The van der Waals surface area contributed by atoms with Crippen LogP contribution < -0.4 is 4.90 Å². The van der Waals surface area contributed by atoms with E-state index in [0.29, 0.717) is 5.82 Å². The lowest BCUT2D eigenvalue weighted by Gasteiger charge is -2.36. The standard InChI is InChI=1S/C18H17F3N4/c19-18(20,21)16-8-9-17(24-23-16)25-10-4-3-7-15(25)14-11-12-5-1-2-6-13(12)22-14/h1-2,5-6,8-9,11,15,22H,3-4,7,10H2. The van der Waals surface area contributed by atoms with Crippen molar-refractivity contribution in [2.24, 2.45) is 0 Å². The van der Waals surface area contributed by atoms with Gasteiger partial charge in [0.2, 0.25) is 0 Å². The normalized spacial score (nSPS) is 18.7. The van der Waals surface area contributed by atoms with E-state index in [-0.39, 0.29) is 6.04 Å². The van der Waals surface area contributed by atoms with Crippen LogP contribution in [0.5, 0.6) is 0 Å². The number of fused-ring (bicyclic) bond motifs is 1. The summed E-state index contributed by atoms with van der Waals surface area (Å²) in [6, 6.07) is 12.6. The molecule has 130 valence electrons. The first-order chi connectivity index (χ1) is 12.0. The van der Waals surface area contributed by atoms with E-state index < -0.39 is 11.9 Å². The van der Waals surface area contributed by atoms with Gasteiger partial charge in [0.1, 0.15) is 0 Å². The highest BCUT2D eigenvalue weighted by Gasteiger charge is 2.34. The van der Waals surface area contributed by atoms with Gasteiger partial charge in [-0.2, -0.15) is 13.2 Å². The number of piperidine rings is 1. The molecule has 1 aliphatic heterocycles. The number of nitrogens with one attached hydrogen (secondary N) is 1. The summed E-state index contributed by atoms with van der Waals surface area (Å²) in [5.74, 6) is 0.483. The Balaban J connectivity index is 1.67. The van der Waals surface area contributed by atoms with E-state index in [1.807, 2.05) is 29.2 Å². The maximum Gasteiger partial charge on any atom is 0.435 e. The first-order valence-corrected chi connectivity index (χ1v) is 8.27. The van der Waals surface area contributed by atoms with Crippen molar-refractivity contribution in [2.45, 2.75) is 31.5 Å². The average Bonchev–Trinajstić information content (AvgIpc) is 3.05. The molecule has 0 radical (unpaired) electrons. The lowest BCUT2D eigenvalue weighted by molar-refractivity contribution is -0.141. The molecule has 1 aliphatic rings. The number of alkyl halides is 3. The van der Waals surface area contributed by atoms with E-state index in [2.05, 4.69) is 21.2 Å². The molecule has 0 amide bonds. The van der Waals surface area contributed by atoms with E-state index in [1.54, 1.807) is 0 Å². The minimum atomic E-state index is -4.47. The van der Waals surface area contributed by atoms with Gasteiger partial charge in [-0.3, -0.25) is 0 Å². The van der Waals surface area contributed by atoms with Gasteiger partial charge in [0.05, 0.1) is 6.04 Å². The Labute approximate surface area is 142 Å². The SMILES string of the molecule is FC(F)(F)c1ccc(N2CCCCC2c2cc3ccccc3[nH]2)nn1. The molecule has 1 unspecified atom stereocenters. The van der Waals surface area contributed by atoms with Gasteiger partial charge in [0, 0.05) is 17.8 Å². The quantitative estimate of drug-likeness (QED) is 0.731. The highest BCUT2D eigenvalue weighted by Crippen LogP contribution is 2.35. The molecule has 1 atom stereocenters. The molecule has 4 nitrogen and oxygen atoms in total. The monoisotopic (exact) mass is 346 g/mol. The summed E-state index contributed by atoms with van der Waals surface area (Å²) >= 11 is 0. The zero-order chi connectivity index (χ0) is 17.4. The number of rotatable bonds is 2. The smallest absolute Gasteiger partial charge is 0.357 e. The third-order valence-electron chi connectivity index (χ3n) is 4.65. The van der Waals surface area contributed by atoms with Crippen molar-refractivity contribution in [1.82, 2.24) is 15.2 Å². The van der Waals surface area contributed by atoms with Crippen LogP contribution in [0.3, 0.4) is 0 Å². The minimum Gasteiger partial charge on any atom is -0.357 e. The molecule has 0 saturated carbocycles. The Hall–Kier alpha value is -2.57. The van der Waals surface area contributed by atoms with Gasteiger partial charge in [-0.25, -0.2) is 0 Å². The number of benzene rings is 1. The zero-order valence-corrected chi connectivity index (χ0v) is 13.4. The van der Waals surface area contributed by atoms with Crippen molar-refractivity contribution in [3.63, 3.8) is 0 Å². The number of halogens is 3. The van der Waals surface area contributed by atoms with Gasteiger partial charge in [-0.1, -0.05) is 18.2 Å². The van der Waals surface area contributed by atoms with E-state index in [0.717, 1.165) is 48.5 Å². The summed E-state index contributed by atoms with van der Waals surface area (Å²) in [6.07, 6.45) is -1.48. The first kappa shape index (κ1) is 15.9. The number of nitrogens with zero attached hydrogens (tertiary/aromatic N) is 3. The Kier molecular flexibility index (Phi) is 3.86. The number of anilines is 1. The Morgan fingerprint density at radius 3 is 2.60 bits per heavy atom. The molecular weight excluding hydrogens is 329 g/mol. The highest BCUT2D eigenvalue weighted by atomic mass is 19.4. The second kappa shape index (κ2) is 6.06. The average molecular weight is 346 g/mol. The van der Waals surface area contributed by atoms with Crippen LogP contribution in [0.2, 0.25) is 0 Å². The van der Waals surface area contributed by atoms with E-state index in [4.69, 9.17) is 0 Å². The molecule has 3 heterocycles. The molecule has 7 heteroatoms.